The summed E-state index contributed by atoms with van der Waals surface area (Å²) in [4.78, 5) is 32.5. The van der Waals surface area contributed by atoms with Gasteiger partial charge in [0, 0.05) is 8.95 Å². The maximum atomic E-state index is 14.1. The van der Waals surface area contributed by atoms with Crippen LogP contribution in [-0.4, -0.2) is 38.5 Å². The molecule has 9 nitrogen and oxygen atoms in total. The van der Waals surface area contributed by atoms with Crippen LogP contribution < -0.4 is 33.8 Å². The quantitative estimate of drug-likeness (QED) is 0.185. The second-order valence-corrected chi connectivity index (χ2v) is 12.6. The van der Waals surface area contributed by atoms with Gasteiger partial charge in [-0.25, -0.2) is 9.79 Å². The van der Waals surface area contributed by atoms with Gasteiger partial charge in [-0.2, -0.15) is 0 Å². The Balaban J connectivity index is 1.59. The summed E-state index contributed by atoms with van der Waals surface area (Å²) in [6.45, 7) is 4.01. The molecule has 0 fully saturated rings. The Hall–Kier alpha value is -3.87. The first-order valence-corrected chi connectivity index (χ1v) is 16.3. The third-order valence-corrected chi connectivity index (χ3v) is 9.31. The van der Waals surface area contributed by atoms with Crippen molar-refractivity contribution in [1.29, 1.82) is 0 Å². The Bertz CT molecular complexity index is 1970. The van der Waals surface area contributed by atoms with Crippen molar-refractivity contribution in [3.05, 3.63) is 111 Å². The van der Waals surface area contributed by atoms with Gasteiger partial charge in [0.1, 0.15) is 6.61 Å². The Kier molecular flexibility index (Phi) is 10.2. The highest BCUT2D eigenvalue weighted by atomic mass is 79.9. The third-order valence-electron chi connectivity index (χ3n) is 7.11. The van der Waals surface area contributed by atoms with Crippen LogP contribution in [0.2, 0.25) is 0 Å². The average molecular weight is 758 g/mol. The summed E-state index contributed by atoms with van der Waals surface area (Å²) < 4.78 is 31.6. The molecule has 45 heavy (non-hydrogen) atoms. The molecular weight excluding hydrogens is 728 g/mol. The number of ether oxygens (including phenoxy) is 5. The van der Waals surface area contributed by atoms with Gasteiger partial charge in [-0.15, -0.1) is 0 Å². The van der Waals surface area contributed by atoms with E-state index >= 15 is 0 Å². The number of fused-ring (bicyclic) bond motifs is 1. The molecule has 5 rings (SSSR count). The van der Waals surface area contributed by atoms with Crippen LogP contribution in [-0.2, 0) is 16.1 Å². The molecule has 1 aromatic heterocycles. The van der Waals surface area contributed by atoms with Crippen LogP contribution in [0.15, 0.2) is 84.6 Å². The minimum Gasteiger partial charge on any atom is -0.493 e. The van der Waals surface area contributed by atoms with E-state index in [0.29, 0.717) is 54.7 Å². The van der Waals surface area contributed by atoms with Gasteiger partial charge in [0.25, 0.3) is 5.56 Å². The summed E-state index contributed by atoms with van der Waals surface area (Å²) in [7, 11) is 4.64. The molecule has 2 heterocycles. The number of allylic oxidation sites excluding steroid dienone is 1. The van der Waals surface area contributed by atoms with Crippen molar-refractivity contribution in [2.24, 2.45) is 4.99 Å². The molecule has 3 aromatic carbocycles. The van der Waals surface area contributed by atoms with Crippen LogP contribution in [0.25, 0.3) is 6.08 Å². The fourth-order valence-electron chi connectivity index (χ4n) is 4.95. The normalized spacial score (nSPS) is 14.5. The molecule has 0 spiro atoms. The monoisotopic (exact) mass is 756 g/mol. The highest BCUT2D eigenvalue weighted by Gasteiger charge is 2.35. The van der Waals surface area contributed by atoms with Gasteiger partial charge in [0.05, 0.1) is 49.8 Å². The minimum absolute atomic E-state index is 0.171. The SMILES string of the molecule is CCOC(=O)C1=C(C)N=c2s/c(=C\c3ccc(OCc4ccc(Br)cc4)c(OC)c3)c(=O)n2[C@H]1c1cc(OC)c(OC)cc1Br. The third kappa shape index (κ3) is 6.73. The minimum atomic E-state index is -0.833. The van der Waals surface area contributed by atoms with E-state index in [4.69, 9.17) is 23.7 Å². The molecule has 0 aliphatic carbocycles. The molecule has 1 aliphatic heterocycles. The molecule has 0 saturated carbocycles. The summed E-state index contributed by atoms with van der Waals surface area (Å²) in [5.41, 5.74) is 2.78. The zero-order chi connectivity index (χ0) is 32.2. The first kappa shape index (κ1) is 32.5. The van der Waals surface area contributed by atoms with Gasteiger partial charge in [-0.3, -0.25) is 9.36 Å². The maximum absolute atomic E-state index is 14.1. The lowest BCUT2D eigenvalue weighted by Crippen LogP contribution is -2.40. The van der Waals surface area contributed by atoms with Gasteiger partial charge >= 0.3 is 5.97 Å². The van der Waals surface area contributed by atoms with E-state index in [1.165, 1.54) is 30.1 Å². The fourth-order valence-corrected chi connectivity index (χ4v) is 6.80. The van der Waals surface area contributed by atoms with E-state index in [0.717, 1.165) is 15.6 Å². The van der Waals surface area contributed by atoms with Crippen molar-refractivity contribution in [2.75, 3.05) is 27.9 Å². The smallest absolute Gasteiger partial charge is 0.338 e. The molecule has 0 N–H and O–H groups in total. The van der Waals surface area contributed by atoms with Crippen LogP contribution in [0.3, 0.4) is 0 Å². The highest BCUT2D eigenvalue weighted by molar-refractivity contribution is 9.10. The molecule has 0 bridgehead atoms. The van der Waals surface area contributed by atoms with Gasteiger partial charge in [0.2, 0.25) is 0 Å². The van der Waals surface area contributed by atoms with Gasteiger partial charge in [0.15, 0.2) is 27.8 Å². The van der Waals surface area contributed by atoms with E-state index < -0.39 is 12.0 Å². The number of nitrogens with zero attached hydrogens (tertiary/aromatic N) is 2. The predicted octanol–water partition coefficient (Wildman–Crippen LogP) is 5.93. The van der Waals surface area contributed by atoms with Crippen LogP contribution >= 0.6 is 43.2 Å². The molecule has 234 valence electrons. The molecule has 12 heteroatoms. The molecule has 1 aliphatic rings. The Labute approximate surface area is 280 Å². The number of aromatic nitrogens is 1. The van der Waals surface area contributed by atoms with E-state index in [2.05, 4.69) is 36.9 Å². The van der Waals surface area contributed by atoms with Gasteiger partial charge in [-0.05, 0) is 73.0 Å². The lowest BCUT2D eigenvalue weighted by atomic mass is 9.95. The molecule has 0 radical (unpaired) electrons. The van der Waals surface area contributed by atoms with Crippen molar-refractivity contribution in [3.63, 3.8) is 0 Å². The lowest BCUT2D eigenvalue weighted by Gasteiger charge is -2.26. The average Bonchev–Trinajstić information content (AvgIpc) is 3.33. The number of halogens is 2. The molecule has 0 saturated heterocycles. The molecule has 0 amide bonds. The summed E-state index contributed by atoms with van der Waals surface area (Å²) in [5.74, 6) is 1.50. The number of hydrogen-bond acceptors (Lipinski definition) is 9. The Morgan fingerprint density at radius 2 is 1.62 bits per heavy atom. The predicted molar refractivity (Wildman–Crippen MR) is 179 cm³/mol. The molecular formula is C33H30Br2N2O7S. The highest BCUT2D eigenvalue weighted by Crippen LogP contribution is 2.41. The van der Waals surface area contributed by atoms with Crippen molar-refractivity contribution in [2.45, 2.75) is 26.5 Å². The van der Waals surface area contributed by atoms with Gasteiger partial charge in [-0.1, -0.05) is 61.4 Å². The summed E-state index contributed by atoms with van der Waals surface area (Å²) in [5, 5.41) is 0. The standard InChI is InChI=1S/C33H30Br2N2O7S/c1-6-43-32(39)29-18(2)36-33-37(30(29)22-15-26(41-4)27(42-5)16-23(22)35)31(38)28(45-33)14-20-9-12-24(25(13-20)40-3)44-17-19-7-10-21(34)11-8-19/h7-16,30H,6,17H2,1-5H3/b28-14-/t30-/m0/s1. The summed E-state index contributed by atoms with van der Waals surface area (Å²) >= 11 is 8.30. The number of esters is 1. The maximum Gasteiger partial charge on any atom is 0.338 e. The van der Waals surface area contributed by atoms with Crippen molar-refractivity contribution in [1.82, 2.24) is 4.57 Å². The molecule has 4 aromatic rings. The van der Waals surface area contributed by atoms with Crippen molar-refractivity contribution in [3.8, 4) is 23.0 Å². The topological polar surface area (TPSA) is 97.6 Å². The number of carbonyl (C=O) groups excluding carboxylic acids is 1. The summed E-state index contributed by atoms with van der Waals surface area (Å²) in [6, 6.07) is 16.0. The van der Waals surface area contributed by atoms with E-state index in [1.54, 1.807) is 39.2 Å². The fraction of sp³-hybridized carbons (Fsp3) is 0.242. The second kappa shape index (κ2) is 14.1. The van der Waals surface area contributed by atoms with Crippen LogP contribution in [0.5, 0.6) is 23.0 Å². The number of carbonyl (C=O) groups is 1. The van der Waals surface area contributed by atoms with Gasteiger partial charge < -0.3 is 23.7 Å². The number of rotatable bonds is 10. The van der Waals surface area contributed by atoms with E-state index in [-0.39, 0.29) is 17.7 Å². The van der Waals surface area contributed by atoms with Crippen molar-refractivity contribution >= 4 is 55.2 Å². The number of benzene rings is 3. The number of methoxy groups -OCH3 is 3. The lowest BCUT2D eigenvalue weighted by molar-refractivity contribution is -0.139. The Morgan fingerprint density at radius 1 is 0.956 bits per heavy atom. The van der Waals surface area contributed by atoms with E-state index in [9.17, 15) is 9.59 Å². The summed E-state index contributed by atoms with van der Waals surface area (Å²) in [6.07, 6.45) is 1.77. The van der Waals surface area contributed by atoms with Crippen LogP contribution in [0, 0.1) is 0 Å². The number of hydrogen-bond donors (Lipinski definition) is 0. The van der Waals surface area contributed by atoms with Crippen LogP contribution in [0.4, 0.5) is 0 Å². The number of thiazole rings is 1. The zero-order valence-corrected chi connectivity index (χ0v) is 29.2. The first-order valence-electron chi connectivity index (χ1n) is 13.8. The molecule has 0 unspecified atom stereocenters. The van der Waals surface area contributed by atoms with Crippen molar-refractivity contribution < 1.29 is 28.5 Å². The second-order valence-electron chi connectivity index (χ2n) is 9.86. The largest absolute Gasteiger partial charge is 0.493 e. The van der Waals surface area contributed by atoms with Crippen LogP contribution in [0.1, 0.15) is 36.6 Å². The zero-order valence-electron chi connectivity index (χ0n) is 25.2. The Morgan fingerprint density at radius 3 is 2.29 bits per heavy atom. The van der Waals surface area contributed by atoms with E-state index in [1.807, 2.05) is 42.5 Å². The first-order chi connectivity index (χ1) is 21.7. The molecule has 1 atom stereocenters.